The van der Waals surface area contributed by atoms with Crippen molar-refractivity contribution >= 4 is 23.8 Å². The topological polar surface area (TPSA) is 189 Å². The SMILES string of the molecule is CC(=O)OCC1O[C@@H](O[C@@H]2C(CO)O[C@H]3OC(C)=NC3[C@H]2O)[C@@H](OC(C)=O)C(O)[C@H]1OC(C)=O. The molecule has 0 aliphatic carbocycles. The summed E-state index contributed by atoms with van der Waals surface area (Å²) < 4.78 is 37.9. The van der Waals surface area contributed by atoms with Gasteiger partial charge in [0.15, 0.2) is 24.4 Å². The summed E-state index contributed by atoms with van der Waals surface area (Å²) in [7, 11) is 0. The first kappa shape index (κ1) is 26.2. The smallest absolute Gasteiger partial charge is 0.303 e. The molecule has 0 saturated carbocycles. The number of ether oxygens (including phenoxy) is 7. The highest BCUT2D eigenvalue weighted by atomic mass is 16.8. The van der Waals surface area contributed by atoms with Gasteiger partial charge in [0.25, 0.3) is 0 Å². The van der Waals surface area contributed by atoms with Crippen LogP contribution < -0.4 is 0 Å². The lowest BCUT2D eigenvalue weighted by Gasteiger charge is -2.46. The van der Waals surface area contributed by atoms with E-state index in [4.69, 9.17) is 33.2 Å². The number of nitrogens with zero attached hydrogens (tertiary/aromatic N) is 1. The Balaban J connectivity index is 1.87. The van der Waals surface area contributed by atoms with E-state index in [1.54, 1.807) is 6.92 Å². The van der Waals surface area contributed by atoms with Crippen molar-refractivity contribution in [2.24, 2.45) is 4.99 Å². The maximum absolute atomic E-state index is 11.7. The minimum atomic E-state index is -1.65. The molecular weight excluding hydrogens is 462 g/mol. The summed E-state index contributed by atoms with van der Waals surface area (Å²) in [5.74, 6) is -1.95. The first-order valence-electron chi connectivity index (χ1n) is 10.6. The van der Waals surface area contributed by atoms with Gasteiger partial charge < -0.3 is 48.5 Å². The predicted molar refractivity (Wildman–Crippen MR) is 107 cm³/mol. The number of aliphatic imine (C=N–C) groups is 1. The lowest BCUT2D eigenvalue weighted by molar-refractivity contribution is -0.343. The molecule has 14 heteroatoms. The summed E-state index contributed by atoms with van der Waals surface area (Å²) in [6.07, 6.45) is -11.9. The Hall–Kier alpha value is -2.36. The van der Waals surface area contributed by atoms with Crippen LogP contribution in [0.1, 0.15) is 27.7 Å². The number of esters is 3. The van der Waals surface area contributed by atoms with Gasteiger partial charge in [-0.1, -0.05) is 0 Å². The molecule has 192 valence electrons. The van der Waals surface area contributed by atoms with Gasteiger partial charge in [0.05, 0.1) is 6.61 Å². The van der Waals surface area contributed by atoms with Crippen LogP contribution in [0.2, 0.25) is 0 Å². The van der Waals surface area contributed by atoms with E-state index < -0.39 is 92.5 Å². The van der Waals surface area contributed by atoms with Crippen LogP contribution in [-0.2, 0) is 47.5 Å². The average Bonchev–Trinajstić information content (AvgIpc) is 3.13. The monoisotopic (exact) mass is 491 g/mol. The van der Waals surface area contributed by atoms with E-state index in [-0.39, 0.29) is 5.90 Å². The van der Waals surface area contributed by atoms with Crippen molar-refractivity contribution in [3.05, 3.63) is 0 Å². The number of aliphatic hydroxyl groups is 3. The largest absolute Gasteiger partial charge is 0.463 e. The fourth-order valence-corrected chi connectivity index (χ4v) is 4.01. The number of rotatable bonds is 7. The molecule has 34 heavy (non-hydrogen) atoms. The molecule has 3 N–H and O–H groups in total. The van der Waals surface area contributed by atoms with E-state index in [0.29, 0.717) is 0 Å². The molecule has 3 rings (SSSR count). The fourth-order valence-electron chi connectivity index (χ4n) is 4.01. The van der Waals surface area contributed by atoms with Gasteiger partial charge in [-0.05, 0) is 0 Å². The number of carbonyl (C=O) groups is 3. The van der Waals surface area contributed by atoms with Crippen LogP contribution in [0.4, 0.5) is 0 Å². The Labute approximate surface area is 194 Å². The minimum Gasteiger partial charge on any atom is -0.463 e. The van der Waals surface area contributed by atoms with Crippen molar-refractivity contribution < 1.29 is 62.9 Å². The van der Waals surface area contributed by atoms with E-state index in [2.05, 4.69) is 4.99 Å². The summed E-state index contributed by atoms with van der Waals surface area (Å²) in [5.41, 5.74) is 0. The van der Waals surface area contributed by atoms with E-state index in [9.17, 15) is 29.7 Å². The van der Waals surface area contributed by atoms with Gasteiger partial charge in [-0.15, -0.1) is 0 Å². The summed E-state index contributed by atoms with van der Waals surface area (Å²) in [4.78, 5) is 38.8. The molecule has 0 radical (unpaired) electrons. The molecule has 4 unspecified atom stereocenters. The lowest BCUT2D eigenvalue weighted by atomic mass is 9.96. The van der Waals surface area contributed by atoms with E-state index in [0.717, 1.165) is 20.8 Å². The van der Waals surface area contributed by atoms with Crippen molar-refractivity contribution in [2.45, 2.75) is 89.0 Å². The molecule has 10 atom stereocenters. The van der Waals surface area contributed by atoms with Gasteiger partial charge in [0, 0.05) is 27.7 Å². The number of aliphatic hydroxyl groups excluding tert-OH is 3. The Bertz CT molecular complexity index is 801. The zero-order chi connectivity index (χ0) is 25.2. The maximum Gasteiger partial charge on any atom is 0.303 e. The van der Waals surface area contributed by atoms with Gasteiger partial charge in [0.1, 0.15) is 43.2 Å². The first-order chi connectivity index (χ1) is 16.0. The van der Waals surface area contributed by atoms with Crippen LogP contribution in [0.15, 0.2) is 4.99 Å². The molecule has 0 bridgehead atoms. The van der Waals surface area contributed by atoms with Crippen LogP contribution >= 0.6 is 0 Å². The zero-order valence-corrected chi connectivity index (χ0v) is 19.1. The third-order valence-electron chi connectivity index (χ3n) is 5.40. The third-order valence-corrected chi connectivity index (χ3v) is 5.40. The summed E-state index contributed by atoms with van der Waals surface area (Å²) in [6, 6.07) is -0.862. The number of hydrogen-bond acceptors (Lipinski definition) is 14. The summed E-state index contributed by atoms with van der Waals surface area (Å²) >= 11 is 0. The molecule has 0 aromatic rings. The normalized spacial score (nSPS) is 39.3. The van der Waals surface area contributed by atoms with Crippen LogP contribution in [-0.4, -0.2) is 114 Å². The molecule has 2 fully saturated rings. The van der Waals surface area contributed by atoms with Gasteiger partial charge in [0.2, 0.25) is 6.29 Å². The standard InChI is InChI=1S/C20H29NO13/c1-7-21-13-14(26)16(11(5-22)32-19(13)29-7)34-20-18(31-10(4)25)15(27)17(30-9(3)24)12(33-20)6-28-8(2)23/h11-20,22,26-27H,5-6H2,1-4H3/t11?,12?,13?,14-,15?,16-,17+,18+,19-,20+/m1/s1. The second-order valence-electron chi connectivity index (χ2n) is 8.06. The Morgan fingerprint density at radius 1 is 0.912 bits per heavy atom. The summed E-state index contributed by atoms with van der Waals surface area (Å²) in [5, 5.41) is 31.6. The van der Waals surface area contributed by atoms with E-state index >= 15 is 0 Å². The molecule has 3 aliphatic heterocycles. The Morgan fingerprint density at radius 3 is 2.15 bits per heavy atom. The van der Waals surface area contributed by atoms with Crippen LogP contribution in [0.25, 0.3) is 0 Å². The van der Waals surface area contributed by atoms with E-state index in [1.165, 1.54) is 0 Å². The minimum absolute atomic E-state index is 0.277. The first-order valence-corrected chi connectivity index (χ1v) is 10.6. The summed E-state index contributed by atoms with van der Waals surface area (Å²) in [6.45, 7) is 3.91. The predicted octanol–water partition coefficient (Wildman–Crippen LogP) is -2.22. The average molecular weight is 491 g/mol. The molecule has 3 aliphatic rings. The molecule has 3 heterocycles. The Kier molecular flexibility index (Phi) is 8.43. The van der Waals surface area contributed by atoms with Crippen LogP contribution in [0.5, 0.6) is 0 Å². The van der Waals surface area contributed by atoms with Crippen LogP contribution in [0, 0.1) is 0 Å². The second-order valence-corrected chi connectivity index (χ2v) is 8.06. The highest BCUT2D eigenvalue weighted by Gasteiger charge is 2.55. The Morgan fingerprint density at radius 2 is 1.56 bits per heavy atom. The maximum atomic E-state index is 11.7. The quantitative estimate of drug-likeness (QED) is 0.257. The highest BCUT2D eigenvalue weighted by Crippen LogP contribution is 2.34. The van der Waals surface area contributed by atoms with Gasteiger partial charge in [-0.3, -0.25) is 14.4 Å². The van der Waals surface area contributed by atoms with Crippen molar-refractivity contribution in [3.8, 4) is 0 Å². The zero-order valence-electron chi connectivity index (χ0n) is 19.1. The molecule has 14 nitrogen and oxygen atoms in total. The van der Waals surface area contributed by atoms with E-state index in [1.807, 2.05) is 0 Å². The number of carbonyl (C=O) groups excluding carboxylic acids is 3. The molecule has 0 spiro atoms. The lowest BCUT2D eigenvalue weighted by Crippen LogP contribution is -2.65. The molecule has 2 saturated heterocycles. The second kappa shape index (κ2) is 10.9. The molecule has 0 aromatic carbocycles. The van der Waals surface area contributed by atoms with Crippen molar-refractivity contribution in [1.29, 1.82) is 0 Å². The van der Waals surface area contributed by atoms with Crippen LogP contribution in [0.3, 0.4) is 0 Å². The van der Waals surface area contributed by atoms with Crippen molar-refractivity contribution in [1.82, 2.24) is 0 Å². The van der Waals surface area contributed by atoms with Gasteiger partial charge in [-0.25, -0.2) is 4.99 Å². The number of hydrogen-bond donors (Lipinski definition) is 3. The van der Waals surface area contributed by atoms with Crippen molar-refractivity contribution in [2.75, 3.05) is 13.2 Å². The number of fused-ring (bicyclic) bond motifs is 1. The molecule has 0 aromatic heterocycles. The molecule has 0 amide bonds. The fraction of sp³-hybridized carbons (Fsp3) is 0.800. The van der Waals surface area contributed by atoms with Gasteiger partial charge in [-0.2, -0.15) is 0 Å². The highest BCUT2D eigenvalue weighted by molar-refractivity contribution is 5.75. The van der Waals surface area contributed by atoms with Crippen molar-refractivity contribution in [3.63, 3.8) is 0 Å². The third kappa shape index (κ3) is 5.82. The van der Waals surface area contributed by atoms with Gasteiger partial charge >= 0.3 is 17.9 Å². The molecular formula is C20H29NO13.